The second-order valence-electron chi connectivity index (χ2n) is 9.04. The van der Waals surface area contributed by atoms with Crippen molar-refractivity contribution in [1.82, 2.24) is 19.4 Å². The first-order chi connectivity index (χ1) is 16.2. The number of hydrogen-bond acceptors (Lipinski definition) is 7. The largest absolute Gasteiger partial charge is 0.295 e. The number of carbonyl (C=O) groups is 1. The maximum absolute atomic E-state index is 13.7. The van der Waals surface area contributed by atoms with E-state index in [2.05, 4.69) is 26.7 Å². The minimum Gasteiger partial charge on any atom is -0.295 e. The first-order valence-electron chi connectivity index (χ1n) is 11.0. The summed E-state index contributed by atoms with van der Waals surface area (Å²) in [5, 5.41) is 4.20. The highest BCUT2D eigenvalue weighted by molar-refractivity contribution is 7.98. The van der Waals surface area contributed by atoms with Crippen molar-refractivity contribution in [1.29, 1.82) is 0 Å². The van der Waals surface area contributed by atoms with Crippen molar-refractivity contribution in [3.8, 4) is 11.8 Å². The van der Waals surface area contributed by atoms with E-state index in [0.29, 0.717) is 29.5 Å². The van der Waals surface area contributed by atoms with Crippen LogP contribution in [0.25, 0.3) is 0 Å². The number of nitrogens with one attached hydrogen (secondary N) is 1. The number of amides is 1. The van der Waals surface area contributed by atoms with Crippen molar-refractivity contribution >= 4 is 39.3 Å². The lowest BCUT2D eigenvalue weighted by Gasteiger charge is -2.37. The standard InChI is InChI=1S/C23H26N6O3S2/c1-23(8-9-23)26-34(31,32)18-6-7-20-19(11-18)21(30)28(15-16-12-25-27(2)14-16)22-24-13-17(29(20)22)5-4-10-33-3/h6-7,11-12,14,17,26H,8-10,13,15H2,1-3H3. The zero-order valence-corrected chi connectivity index (χ0v) is 20.9. The van der Waals surface area contributed by atoms with Gasteiger partial charge >= 0.3 is 0 Å². The zero-order valence-electron chi connectivity index (χ0n) is 19.3. The number of hydrogen-bond donors (Lipinski definition) is 1. The molecule has 1 amide bonds. The lowest BCUT2D eigenvalue weighted by molar-refractivity contribution is 0.0833. The maximum Gasteiger partial charge on any atom is 0.263 e. The Morgan fingerprint density at radius 1 is 1.32 bits per heavy atom. The fraction of sp³-hybridized carbons (Fsp3) is 0.435. The van der Waals surface area contributed by atoms with Crippen LogP contribution in [0.4, 0.5) is 5.69 Å². The summed E-state index contributed by atoms with van der Waals surface area (Å²) in [5.74, 6) is 7.37. The average Bonchev–Trinajstić information content (AvgIpc) is 3.17. The van der Waals surface area contributed by atoms with Crippen LogP contribution in [0.1, 0.15) is 35.7 Å². The van der Waals surface area contributed by atoms with Gasteiger partial charge in [0.2, 0.25) is 16.0 Å². The number of aryl methyl sites for hydroxylation is 1. The number of aromatic nitrogens is 2. The van der Waals surface area contributed by atoms with Gasteiger partial charge < -0.3 is 0 Å². The third kappa shape index (κ3) is 4.21. The van der Waals surface area contributed by atoms with E-state index in [-0.39, 0.29) is 23.4 Å². The van der Waals surface area contributed by atoms with Crippen LogP contribution in [-0.4, -0.2) is 65.1 Å². The highest BCUT2D eigenvalue weighted by atomic mass is 32.2. The number of thioether (sulfide) groups is 1. The quantitative estimate of drug-likeness (QED) is 0.610. The summed E-state index contributed by atoms with van der Waals surface area (Å²) in [5.41, 5.74) is 1.40. The summed E-state index contributed by atoms with van der Waals surface area (Å²) in [6.45, 7) is 2.60. The number of benzene rings is 1. The van der Waals surface area contributed by atoms with Crippen molar-refractivity contribution in [2.45, 2.75) is 42.8 Å². The Balaban J connectivity index is 1.56. The Hall–Kier alpha value is -2.81. The first kappa shape index (κ1) is 23.0. The van der Waals surface area contributed by atoms with Crippen molar-refractivity contribution in [2.75, 3.05) is 23.5 Å². The van der Waals surface area contributed by atoms with E-state index >= 15 is 0 Å². The third-order valence-electron chi connectivity index (χ3n) is 6.15. The van der Waals surface area contributed by atoms with Gasteiger partial charge in [0.05, 0.1) is 41.2 Å². The van der Waals surface area contributed by atoms with E-state index in [1.165, 1.54) is 6.07 Å². The van der Waals surface area contributed by atoms with Gasteiger partial charge in [-0.05, 0) is 44.2 Å². The van der Waals surface area contributed by atoms with Crippen LogP contribution >= 0.6 is 11.8 Å². The van der Waals surface area contributed by atoms with Crippen LogP contribution < -0.4 is 9.62 Å². The lowest BCUT2D eigenvalue weighted by atomic mass is 10.1. The van der Waals surface area contributed by atoms with Crippen LogP contribution in [0.3, 0.4) is 0 Å². The molecule has 1 N–H and O–H groups in total. The van der Waals surface area contributed by atoms with Gasteiger partial charge in [-0.1, -0.05) is 11.8 Å². The Morgan fingerprint density at radius 3 is 2.79 bits per heavy atom. The Morgan fingerprint density at radius 2 is 2.12 bits per heavy atom. The maximum atomic E-state index is 13.7. The minimum absolute atomic E-state index is 0.0821. The number of rotatable bonds is 6. The third-order valence-corrected chi connectivity index (χ3v) is 8.22. The Labute approximate surface area is 203 Å². The summed E-state index contributed by atoms with van der Waals surface area (Å²) >= 11 is 1.64. The normalized spacial score (nSPS) is 20.4. The molecule has 3 heterocycles. The number of anilines is 1. The van der Waals surface area contributed by atoms with Gasteiger partial charge in [-0.2, -0.15) is 16.9 Å². The topological polar surface area (TPSA) is 99.9 Å². The molecule has 0 spiro atoms. The zero-order chi connectivity index (χ0) is 24.1. The predicted molar refractivity (Wildman–Crippen MR) is 132 cm³/mol. The minimum atomic E-state index is -3.75. The molecule has 0 bridgehead atoms. The van der Waals surface area contributed by atoms with Crippen molar-refractivity contribution in [2.24, 2.45) is 12.0 Å². The Kier molecular flexibility index (Phi) is 5.70. The van der Waals surface area contributed by atoms with Crippen molar-refractivity contribution < 1.29 is 13.2 Å². The first-order valence-corrected chi connectivity index (χ1v) is 13.9. The van der Waals surface area contributed by atoms with E-state index in [9.17, 15) is 13.2 Å². The molecule has 9 nitrogen and oxygen atoms in total. The summed E-state index contributed by atoms with van der Waals surface area (Å²) in [6.07, 6.45) is 7.16. The van der Waals surface area contributed by atoms with Crippen LogP contribution in [0.5, 0.6) is 0 Å². The molecule has 178 valence electrons. The van der Waals surface area contributed by atoms with Gasteiger partial charge in [-0.3, -0.25) is 19.3 Å². The number of sulfonamides is 1. The highest BCUT2D eigenvalue weighted by Gasteiger charge is 2.44. The number of fused-ring (bicyclic) bond motifs is 3. The second-order valence-corrected chi connectivity index (χ2v) is 11.6. The molecule has 3 aliphatic rings. The van der Waals surface area contributed by atoms with Gasteiger partial charge in [0.25, 0.3) is 5.91 Å². The molecule has 1 unspecified atom stereocenters. The molecule has 0 radical (unpaired) electrons. The van der Waals surface area contributed by atoms with Crippen LogP contribution in [0.2, 0.25) is 0 Å². The van der Waals surface area contributed by atoms with E-state index in [1.54, 1.807) is 39.7 Å². The molecule has 1 aliphatic carbocycles. The number of guanidine groups is 1. The molecular formula is C23H26N6O3S2. The van der Waals surface area contributed by atoms with E-state index in [1.807, 2.05) is 31.3 Å². The molecule has 0 saturated heterocycles. The van der Waals surface area contributed by atoms with Gasteiger partial charge in [-0.15, -0.1) is 0 Å². The van der Waals surface area contributed by atoms with Crippen LogP contribution in [0, 0.1) is 11.8 Å². The second kappa shape index (κ2) is 8.45. The molecule has 2 aliphatic heterocycles. The molecule has 1 aromatic carbocycles. The van der Waals surface area contributed by atoms with E-state index in [0.717, 1.165) is 18.4 Å². The number of carbonyl (C=O) groups excluding carboxylic acids is 1. The molecule has 34 heavy (non-hydrogen) atoms. The molecule has 11 heteroatoms. The van der Waals surface area contributed by atoms with Gasteiger partial charge in [0.15, 0.2) is 0 Å². The summed E-state index contributed by atoms with van der Waals surface area (Å²) in [4.78, 5) is 21.9. The summed E-state index contributed by atoms with van der Waals surface area (Å²) in [7, 11) is -1.93. The fourth-order valence-electron chi connectivity index (χ4n) is 4.15. The van der Waals surface area contributed by atoms with Crippen molar-refractivity contribution in [3.63, 3.8) is 0 Å². The SMILES string of the molecule is CSCC#CC1CN=C2N(Cc3cnn(C)c3)C(=O)c3cc(S(=O)(=O)NC4(C)CC4)ccc3N21. The molecule has 1 saturated carbocycles. The molecule has 5 rings (SSSR count). The van der Waals surface area contributed by atoms with Gasteiger partial charge in [-0.25, -0.2) is 18.1 Å². The Bertz CT molecular complexity index is 1350. The average molecular weight is 499 g/mol. The number of nitrogens with zero attached hydrogens (tertiary/aromatic N) is 5. The predicted octanol–water partition coefficient (Wildman–Crippen LogP) is 1.82. The van der Waals surface area contributed by atoms with Crippen molar-refractivity contribution in [3.05, 3.63) is 41.7 Å². The highest BCUT2D eigenvalue weighted by Crippen LogP contribution is 2.38. The molecule has 1 aromatic heterocycles. The summed E-state index contributed by atoms with van der Waals surface area (Å²) in [6, 6.07) is 4.50. The summed E-state index contributed by atoms with van der Waals surface area (Å²) < 4.78 is 30.5. The monoisotopic (exact) mass is 498 g/mol. The molecular weight excluding hydrogens is 472 g/mol. The lowest BCUT2D eigenvalue weighted by Crippen LogP contribution is -2.52. The molecule has 1 atom stereocenters. The molecule has 2 aromatic rings. The van der Waals surface area contributed by atoms with Crippen LogP contribution in [0.15, 0.2) is 40.5 Å². The van der Waals surface area contributed by atoms with E-state index < -0.39 is 15.6 Å². The molecule has 1 fully saturated rings. The fourth-order valence-corrected chi connectivity index (χ4v) is 5.87. The van der Waals surface area contributed by atoms with E-state index in [4.69, 9.17) is 0 Å². The van der Waals surface area contributed by atoms with Gasteiger partial charge in [0.1, 0.15) is 6.04 Å². The number of aliphatic imine (C=N–C) groups is 1. The van der Waals surface area contributed by atoms with Gasteiger partial charge in [0, 0.05) is 24.3 Å². The van der Waals surface area contributed by atoms with Crippen LogP contribution in [-0.2, 0) is 23.6 Å². The smallest absolute Gasteiger partial charge is 0.263 e.